The summed E-state index contributed by atoms with van der Waals surface area (Å²) in [5.41, 5.74) is -0.787. The Hall–Kier alpha value is -3.78. The third kappa shape index (κ3) is 10.6. The number of benzene rings is 1. The number of carbonyl (C=O) groups excluding carboxylic acids is 5. The lowest BCUT2D eigenvalue weighted by Gasteiger charge is -2.37. The van der Waals surface area contributed by atoms with Gasteiger partial charge in [0.2, 0.25) is 27.6 Å². The van der Waals surface area contributed by atoms with Gasteiger partial charge in [0, 0.05) is 38.6 Å². The minimum Gasteiger partial charge on any atom is -0.349 e. The van der Waals surface area contributed by atoms with Gasteiger partial charge in [0.05, 0.1) is 10.9 Å². The van der Waals surface area contributed by atoms with Crippen molar-refractivity contribution in [2.24, 2.45) is 23.2 Å². The highest BCUT2D eigenvalue weighted by molar-refractivity contribution is 7.89. The zero-order chi connectivity index (χ0) is 37.4. The van der Waals surface area contributed by atoms with E-state index in [2.05, 4.69) is 27.8 Å². The van der Waals surface area contributed by atoms with Crippen molar-refractivity contribution in [1.82, 2.24) is 30.5 Å². The van der Waals surface area contributed by atoms with Crippen LogP contribution in [0.2, 0.25) is 0 Å². The van der Waals surface area contributed by atoms with Crippen LogP contribution in [0.25, 0.3) is 0 Å². The first-order valence-electron chi connectivity index (χ1n) is 17.6. The van der Waals surface area contributed by atoms with Crippen molar-refractivity contribution in [3.8, 4) is 0 Å². The number of likely N-dealkylation sites (tertiary alicyclic amines) is 1. The zero-order valence-corrected chi connectivity index (χ0v) is 31.3. The highest BCUT2D eigenvalue weighted by atomic mass is 32.2. The van der Waals surface area contributed by atoms with Gasteiger partial charge < -0.3 is 26.2 Å². The minimum absolute atomic E-state index is 0.0109. The van der Waals surface area contributed by atoms with Gasteiger partial charge in [-0.15, -0.1) is 6.58 Å². The van der Waals surface area contributed by atoms with Crippen LogP contribution in [0, 0.1) is 23.2 Å². The highest BCUT2D eigenvalue weighted by Crippen LogP contribution is 2.34. The molecule has 4 N–H and O–H groups in total. The first kappa shape index (κ1) is 40.6. The zero-order valence-electron chi connectivity index (χ0n) is 30.5. The summed E-state index contributed by atoms with van der Waals surface area (Å²) in [5, 5.41) is 11.1. The van der Waals surface area contributed by atoms with Crippen LogP contribution in [0.15, 0.2) is 47.9 Å². The monoisotopic (exact) mass is 716 g/mol. The molecule has 3 rings (SSSR count). The van der Waals surface area contributed by atoms with Gasteiger partial charge in [0.1, 0.15) is 12.1 Å². The Bertz CT molecular complexity index is 1490. The number of nitrogens with one attached hydrogen (secondary N) is 4. The van der Waals surface area contributed by atoms with Crippen molar-refractivity contribution in [1.29, 1.82) is 0 Å². The molecule has 1 aliphatic carbocycles. The van der Waals surface area contributed by atoms with Crippen LogP contribution in [0.5, 0.6) is 0 Å². The smallest absolute Gasteiger partial charge is 0.315 e. The van der Waals surface area contributed by atoms with E-state index in [-0.39, 0.29) is 29.8 Å². The first-order valence-corrected chi connectivity index (χ1v) is 19.0. The molecule has 0 aromatic heterocycles. The second-order valence-electron chi connectivity index (χ2n) is 14.9. The lowest BCUT2D eigenvalue weighted by molar-refractivity contribution is -0.144. The van der Waals surface area contributed by atoms with Gasteiger partial charge in [-0.3, -0.25) is 19.2 Å². The summed E-state index contributed by atoms with van der Waals surface area (Å²) in [4.78, 5) is 68.9. The van der Waals surface area contributed by atoms with E-state index in [4.69, 9.17) is 0 Å². The van der Waals surface area contributed by atoms with Gasteiger partial charge in [-0.05, 0) is 48.6 Å². The van der Waals surface area contributed by atoms with E-state index >= 15 is 0 Å². The largest absolute Gasteiger partial charge is 0.349 e. The van der Waals surface area contributed by atoms with Crippen molar-refractivity contribution in [3.05, 3.63) is 43.0 Å². The molecule has 1 saturated heterocycles. The Morgan fingerprint density at radius 1 is 1.02 bits per heavy atom. The molecule has 0 bridgehead atoms. The molecule has 1 saturated carbocycles. The first-order chi connectivity index (χ1) is 23.4. The van der Waals surface area contributed by atoms with Crippen molar-refractivity contribution in [2.45, 2.75) is 103 Å². The molecule has 50 heavy (non-hydrogen) atoms. The number of hydrogen-bond donors (Lipinski definition) is 4. The third-order valence-electron chi connectivity index (χ3n) is 9.37. The Morgan fingerprint density at radius 2 is 1.66 bits per heavy atom. The molecule has 1 aliphatic heterocycles. The summed E-state index contributed by atoms with van der Waals surface area (Å²) >= 11 is 0. The molecule has 14 heteroatoms. The SMILES string of the molecule is C=C[C@H]1CCN(C(=O)[C@@H](NC(=O)N[C@H](CN(C)S(=O)(=O)c2ccccc2)C(C)C)C(C)(C)C)[C@@H]1C(=O)NC(CC1CC1)C(=O)C(=O)NCCC. The molecule has 2 aliphatic rings. The Kier molecular flexibility index (Phi) is 14.2. The van der Waals surface area contributed by atoms with Crippen molar-refractivity contribution >= 4 is 39.6 Å². The Morgan fingerprint density at radius 3 is 2.20 bits per heavy atom. The molecular weight excluding hydrogens is 660 g/mol. The van der Waals surface area contributed by atoms with Gasteiger partial charge >= 0.3 is 6.03 Å². The van der Waals surface area contributed by atoms with Gasteiger partial charge in [-0.25, -0.2) is 13.2 Å². The van der Waals surface area contributed by atoms with Crippen LogP contribution >= 0.6 is 0 Å². The number of nitrogens with zero attached hydrogens (tertiary/aromatic N) is 2. The van der Waals surface area contributed by atoms with Crippen LogP contribution in [0.4, 0.5) is 4.79 Å². The molecular formula is C36H56N6O7S. The number of ketones is 1. The molecule has 0 spiro atoms. The summed E-state index contributed by atoms with van der Waals surface area (Å²) in [6.07, 6.45) is 4.89. The van der Waals surface area contributed by atoms with Crippen molar-refractivity contribution < 1.29 is 32.4 Å². The fraction of sp³-hybridized carbons (Fsp3) is 0.639. The number of likely N-dealkylation sites (N-methyl/N-ethyl adjacent to an activating group) is 1. The van der Waals surface area contributed by atoms with Gasteiger partial charge in [0.25, 0.3) is 5.91 Å². The fourth-order valence-corrected chi connectivity index (χ4v) is 7.25. The van der Waals surface area contributed by atoms with E-state index in [1.165, 1.54) is 28.4 Å². The van der Waals surface area contributed by atoms with Crippen molar-refractivity contribution in [2.75, 3.05) is 26.7 Å². The number of rotatable bonds is 17. The molecule has 5 amide bonds. The van der Waals surface area contributed by atoms with E-state index < -0.39 is 75.1 Å². The van der Waals surface area contributed by atoms with Crippen LogP contribution < -0.4 is 21.3 Å². The summed E-state index contributed by atoms with van der Waals surface area (Å²) in [7, 11) is -2.36. The molecule has 1 aromatic carbocycles. The highest BCUT2D eigenvalue weighted by Gasteiger charge is 2.46. The van der Waals surface area contributed by atoms with Gasteiger partial charge in [-0.1, -0.05) is 78.7 Å². The standard InChI is InChI=1S/C36H56N6O7S/c1-9-19-37-33(45)30(43)27(21-24-16-17-24)38-32(44)29-25(10-2)18-20-42(29)34(46)31(36(5,6)7)40-35(47)39-28(23(3)4)22-41(8)50(48,49)26-14-12-11-13-15-26/h10-15,23-25,27-29,31H,2,9,16-22H2,1,3-8H3,(H,37,45)(H,38,44)(H2,39,40,47)/t25-,27?,28+,29-,31+/m0/s1. The molecule has 1 aromatic rings. The molecule has 1 unspecified atom stereocenters. The lowest BCUT2D eigenvalue weighted by Crippen LogP contribution is -2.61. The van der Waals surface area contributed by atoms with E-state index in [0.717, 1.165) is 12.8 Å². The topological polar surface area (TPSA) is 174 Å². The Labute approximate surface area is 297 Å². The molecule has 13 nitrogen and oxygen atoms in total. The number of Topliss-reactive ketones (excluding diaryl/α,β-unsaturated/α-hetero) is 1. The van der Waals surface area contributed by atoms with Gasteiger partial charge in [-0.2, -0.15) is 4.31 Å². The predicted molar refractivity (Wildman–Crippen MR) is 191 cm³/mol. The summed E-state index contributed by atoms with van der Waals surface area (Å²) < 4.78 is 27.5. The molecule has 0 radical (unpaired) electrons. The minimum atomic E-state index is -3.81. The number of hydrogen-bond acceptors (Lipinski definition) is 7. The van der Waals surface area contributed by atoms with Crippen LogP contribution in [-0.2, 0) is 29.2 Å². The number of sulfonamides is 1. The van der Waals surface area contributed by atoms with E-state index in [0.29, 0.717) is 25.8 Å². The third-order valence-corrected chi connectivity index (χ3v) is 11.2. The quantitative estimate of drug-likeness (QED) is 0.142. The fourth-order valence-electron chi connectivity index (χ4n) is 6.03. The maximum atomic E-state index is 14.3. The van der Waals surface area contributed by atoms with E-state index in [1.54, 1.807) is 45.0 Å². The number of urea groups is 1. The number of carbonyl (C=O) groups is 5. The lowest BCUT2D eigenvalue weighted by atomic mass is 9.85. The van der Waals surface area contributed by atoms with Crippen LogP contribution in [0.3, 0.4) is 0 Å². The summed E-state index contributed by atoms with van der Waals surface area (Å²) in [6, 6.07) is 3.69. The van der Waals surface area contributed by atoms with Crippen LogP contribution in [0.1, 0.15) is 73.6 Å². The summed E-state index contributed by atoms with van der Waals surface area (Å²) in [5.74, 6) is -2.82. The molecule has 2 fully saturated rings. The maximum absolute atomic E-state index is 14.3. The molecule has 1 heterocycles. The van der Waals surface area contributed by atoms with Crippen LogP contribution in [-0.4, -0.2) is 98.0 Å². The molecule has 278 valence electrons. The second-order valence-corrected chi connectivity index (χ2v) is 16.9. The average Bonchev–Trinajstić information content (AvgIpc) is 3.78. The normalized spacial score (nSPS) is 19.7. The van der Waals surface area contributed by atoms with E-state index in [9.17, 15) is 32.4 Å². The maximum Gasteiger partial charge on any atom is 0.315 e. The van der Waals surface area contributed by atoms with Gasteiger partial charge in [0.15, 0.2) is 0 Å². The number of amides is 5. The second kappa shape index (κ2) is 17.4. The predicted octanol–water partition coefficient (Wildman–Crippen LogP) is 2.83. The Balaban J connectivity index is 1.78. The average molecular weight is 717 g/mol. The van der Waals surface area contributed by atoms with E-state index in [1.807, 2.05) is 20.8 Å². The summed E-state index contributed by atoms with van der Waals surface area (Å²) in [6.45, 7) is 15.4. The molecule has 5 atom stereocenters. The van der Waals surface area contributed by atoms with Crippen molar-refractivity contribution in [3.63, 3.8) is 0 Å².